The molecule has 1 saturated heterocycles. The lowest BCUT2D eigenvalue weighted by Gasteiger charge is -2.30. The standard InChI is InChI=1S/C24H28N2O4/c1-27-20-8-9-22-21(13-20)17(11-12-25-22)7-10-24-29-15-19(16-30-24)26-14-18-5-3-4-6-23(18)28-2/h3-6,8-9,11-13,19,24,26H,7,10,14-16H2,1-2H3/t19-,24-. The van der Waals surface area contributed by atoms with Crippen molar-refractivity contribution in [1.82, 2.24) is 10.3 Å². The Hall–Kier alpha value is -2.67. The molecular formula is C24H28N2O4. The lowest BCUT2D eigenvalue weighted by Crippen LogP contribution is -2.44. The topological polar surface area (TPSA) is 61.8 Å². The Bertz CT molecular complexity index is 970. The number of pyridine rings is 1. The molecule has 2 aromatic carbocycles. The van der Waals surface area contributed by atoms with Crippen LogP contribution in [0.2, 0.25) is 0 Å². The van der Waals surface area contributed by atoms with Gasteiger partial charge in [-0.1, -0.05) is 18.2 Å². The van der Waals surface area contributed by atoms with E-state index in [0.717, 1.165) is 47.4 Å². The summed E-state index contributed by atoms with van der Waals surface area (Å²) in [5.74, 6) is 1.73. The molecule has 1 aromatic heterocycles. The number of methoxy groups -OCH3 is 2. The van der Waals surface area contributed by atoms with Gasteiger partial charge in [-0.15, -0.1) is 0 Å². The number of benzene rings is 2. The molecule has 0 saturated carbocycles. The van der Waals surface area contributed by atoms with Crippen molar-refractivity contribution in [2.45, 2.75) is 31.7 Å². The third kappa shape index (κ3) is 4.90. The summed E-state index contributed by atoms with van der Waals surface area (Å²) < 4.78 is 22.7. The number of hydrogen-bond donors (Lipinski definition) is 1. The summed E-state index contributed by atoms with van der Waals surface area (Å²) in [6.07, 6.45) is 3.32. The summed E-state index contributed by atoms with van der Waals surface area (Å²) in [5, 5.41) is 4.61. The highest BCUT2D eigenvalue weighted by Crippen LogP contribution is 2.24. The molecule has 30 heavy (non-hydrogen) atoms. The van der Waals surface area contributed by atoms with Gasteiger partial charge in [-0.2, -0.15) is 0 Å². The van der Waals surface area contributed by atoms with Crippen molar-refractivity contribution >= 4 is 10.9 Å². The van der Waals surface area contributed by atoms with Crippen LogP contribution in [0.15, 0.2) is 54.7 Å². The van der Waals surface area contributed by atoms with E-state index in [1.54, 1.807) is 14.2 Å². The van der Waals surface area contributed by atoms with E-state index in [4.69, 9.17) is 18.9 Å². The minimum Gasteiger partial charge on any atom is -0.497 e. The van der Waals surface area contributed by atoms with Gasteiger partial charge < -0.3 is 24.3 Å². The summed E-state index contributed by atoms with van der Waals surface area (Å²) >= 11 is 0. The van der Waals surface area contributed by atoms with E-state index >= 15 is 0 Å². The number of rotatable bonds is 8. The first-order valence-corrected chi connectivity index (χ1v) is 10.3. The molecule has 0 radical (unpaired) electrons. The second-order valence-corrected chi connectivity index (χ2v) is 7.38. The molecule has 0 unspecified atom stereocenters. The van der Waals surface area contributed by atoms with Crippen LogP contribution in [0.1, 0.15) is 17.5 Å². The summed E-state index contributed by atoms with van der Waals surface area (Å²) in [4.78, 5) is 4.44. The van der Waals surface area contributed by atoms with Gasteiger partial charge in [0.15, 0.2) is 6.29 Å². The number of aromatic nitrogens is 1. The van der Waals surface area contributed by atoms with Crippen LogP contribution in [0.5, 0.6) is 11.5 Å². The molecule has 3 aromatic rings. The van der Waals surface area contributed by atoms with Crippen molar-refractivity contribution in [3.05, 3.63) is 65.9 Å². The van der Waals surface area contributed by atoms with Gasteiger partial charge in [0.2, 0.25) is 0 Å². The Morgan fingerprint density at radius 3 is 2.63 bits per heavy atom. The largest absolute Gasteiger partial charge is 0.497 e. The highest BCUT2D eigenvalue weighted by molar-refractivity contribution is 5.83. The number of fused-ring (bicyclic) bond motifs is 1. The van der Waals surface area contributed by atoms with Crippen LogP contribution in [-0.4, -0.2) is 44.7 Å². The number of aryl methyl sites for hydroxylation is 1. The molecule has 0 aliphatic carbocycles. The Kier molecular flexibility index (Phi) is 6.79. The second kappa shape index (κ2) is 9.89. The first-order valence-electron chi connectivity index (χ1n) is 10.3. The summed E-state index contributed by atoms with van der Waals surface area (Å²) in [5.41, 5.74) is 3.32. The monoisotopic (exact) mass is 408 g/mol. The molecule has 1 N–H and O–H groups in total. The number of ether oxygens (including phenoxy) is 4. The van der Waals surface area contributed by atoms with Gasteiger partial charge in [0.25, 0.3) is 0 Å². The minimum absolute atomic E-state index is 0.164. The average Bonchev–Trinajstić information content (AvgIpc) is 2.81. The first kappa shape index (κ1) is 20.6. The molecule has 0 amide bonds. The zero-order chi connectivity index (χ0) is 20.8. The van der Waals surface area contributed by atoms with Gasteiger partial charge in [-0.3, -0.25) is 4.98 Å². The third-order valence-corrected chi connectivity index (χ3v) is 5.43. The Morgan fingerprint density at radius 2 is 1.83 bits per heavy atom. The molecule has 0 atom stereocenters. The molecule has 0 bridgehead atoms. The summed E-state index contributed by atoms with van der Waals surface area (Å²) in [7, 11) is 3.37. The van der Waals surface area contributed by atoms with Gasteiger partial charge in [0.1, 0.15) is 11.5 Å². The van der Waals surface area contributed by atoms with E-state index in [2.05, 4.69) is 22.4 Å². The normalized spacial score (nSPS) is 19.0. The van der Waals surface area contributed by atoms with Crippen molar-refractivity contribution in [2.24, 2.45) is 0 Å². The Morgan fingerprint density at radius 1 is 1.00 bits per heavy atom. The summed E-state index contributed by atoms with van der Waals surface area (Å²) in [6.45, 7) is 1.98. The number of nitrogens with zero attached hydrogens (tertiary/aromatic N) is 1. The minimum atomic E-state index is -0.192. The molecule has 0 spiro atoms. The van der Waals surface area contributed by atoms with Crippen LogP contribution in [0.25, 0.3) is 10.9 Å². The van der Waals surface area contributed by atoms with Crippen molar-refractivity contribution in [3.63, 3.8) is 0 Å². The molecule has 158 valence electrons. The van der Waals surface area contributed by atoms with Crippen molar-refractivity contribution in [2.75, 3.05) is 27.4 Å². The van der Waals surface area contributed by atoms with Crippen molar-refractivity contribution < 1.29 is 18.9 Å². The van der Waals surface area contributed by atoms with E-state index < -0.39 is 0 Å². The predicted octanol–water partition coefficient (Wildman–Crippen LogP) is 3.72. The number of hydrogen-bond acceptors (Lipinski definition) is 6. The van der Waals surface area contributed by atoms with Gasteiger partial charge >= 0.3 is 0 Å². The number of para-hydroxylation sites is 1. The molecule has 4 rings (SSSR count). The van der Waals surface area contributed by atoms with Crippen LogP contribution in [0.3, 0.4) is 0 Å². The van der Waals surface area contributed by atoms with E-state index in [-0.39, 0.29) is 12.3 Å². The fourth-order valence-corrected chi connectivity index (χ4v) is 3.73. The number of nitrogens with one attached hydrogen (secondary N) is 1. The quantitative estimate of drug-likeness (QED) is 0.613. The van der Waals surface area contributed by atoms with Gasteiger partial charge in [0.05, 0.1) is 39.0 Å². The molecule has 2 heterocycles. The smallest absolute Gasteiger partial charge is 0.158 e. The van der Waals surface area contributed by atoms with Gasteiger partial charge in [-0.25, -0.2) is 0 Å². The molecule has 1 aliphatic rings. The molecule has 1 fully saturated rings. The average molecular weight is 408 g/mol. The van der Waals surface area contributed by atoms with E-state index in [1.807, 2.05) is 42.6 Å². The third-order valence-electron chi connectivity index (χ3n) is 5.43. The van der Waals surface area contributed by atoms with Crippen LogP contribution in [-0.2, 0) is 22.4 Å². The maximum atomic E-state index is 5.96. The lowest BCUT2D eigenvalue weighted by atomic mass is 10.0. The summed E-state index contributed by atoms with van der Waals surface area (Å²) in [6, 6.07) is 16.2. The maximum Gasteiger partial charge on any atom is 0.158 e. The van der Waals surface area contributed by atoms with Crippen molar-refractivity contribution in [3.8, 4) is 11.5 Å². The van der Waals surface area contributed by atoms with Crippen molar-refractivity contribution in [1.29, 1.82) is 0 Å². The molecule has 1 aliphatic heterocycles. The SMILES string of the molecule is COc1ccc2nccc(CC[C@H]3OC[C@H](NCc4ccccc4OC)CO3)c2c1. The lowest BCUT2D eigenvalue weighted by molar-refractivity contribution is -0.192. The fraction of sp³-hybridized carbons (Fsp3) is 0.375. The van der Waals surface area contributed by atoms with Gasteiger partial charge in [-0.05, 0) is 42.3 Å². The fourth-order valence-electron chi connectivity index (χ4n) is 3.73. The molecule has 6 heteroatoms. The Balaban J connectivity index is 1.28. The highest BCUT2D eigenvalue weighted by Gasteiger charge is 2.22. The van der Waals surface area contributed by atoms with E-state index in [1.165, 1.54) is 5.56 Å². The van der Waals surface area contributed by atoms with Crippen LogP contribution < -0.4 is 14.8 Å². The van der Waals surface area contributed by atoms with E-state index in [0.29, 0.717) is 13.2 Å². The van der Waals surface area contributed by atoms with Gasteiger partial charge in [0, 0.05) is 30.1 Å². The van der Waals surface area contributed by atoms with E-state index in [9.17, 15) is 0 Å². The highest BCUT2D eigenvalue weighted by atomic mass is 16.7. The second-order valence-electron chi connectivity index (χ2n) is 7.38. The first-order chi connectivity index (χ1) is 14.8. The molecule has 6 nitrogen and oxygen atoms in total. The van der Waals surface area contributed by atoms with Crippen LogP contribution in [0, 0.1) is 0 Å². The Labute approximate surface area is 177 Å². The van der Waals surface area contributed by atoms with Crippen LogP contribution >= 0.6 is 0 Å². The molecular weight excluding hydrogens is 380 g/mol. The van der Waals surface area contributed by atoms with Crippen LogP contribution in [0.4, 0.5) is 0 Å². The maximum absolute atomic E-state index is 5.96. The zero-order valence-corrected chi connectivity index (χ0v) is 17.5. The zero-order valence-electron chi connectivity index (χ0n) is 17.5. The predicted molar refractivity (Wildman–Crippen MR) is 116 cm³/mol.